The van der Waals surface area contributed by atoms with Gasteiger partial charge in [0.05, 0.1) is 22.9 Å². The molecule has 1 N–H and O–H groups in total. The molecule has 1 aromatic carbocycles. The van der Waals surface area contributed by atoms with E-state index < -0.39 is 35.2 Å². The van der Waals surface area contributed by atoms with Crippen molar-refractivity contribution in [1.29, 1.82) is 5.26 Å². The van der Waals surface area contributed by atoms with Crippen LogP contribution in [0.15, 0.2) is 36.5 Å². The molecule has 2 aromatic rings. The predicted octanol–water partition coefficient (Wildman–Crippen LogP) is 3.80. The first-order valence-electron chi connectivity index (χ1n) is 9.12. The van der Waals surface area contributed by atoms with Crippen molar-refractivity contribution in [3.05, 3.63) is 58.9 Å². The highest BCUT2D eigenvalue weighted by atomic mass is 19.4. The molecule has 1 aliphatic carbocycles. The lowest BCUT2D eigenvalue weighted by Crippen LogP contribution is -2.34. The minimum atomic E-state index is -4.71. The summed E-state index contributed by atoms with van der Waals surface area (Å²) in [5.41, 5.74) is -0.154. The number of aryl methyl sites for hydroxylation is 1. The SMILES string of the molecule is Cc1cccc(N(C)C(=O)[C@@H]2C[C@H](O)CC2c2nccc(C(F)(F)F)c2C#N)c1. The van der Waals surface area contributed by atoms with Crippen LogP contribution in [-0.4, -0.2) is 29.1 Å². The first-order chi connectivity index (χ1) is 13.6. The van der Waals surface area contributed by atoms with Gasteiger partial charge in [0, 0.05) is 30.8 Å². The van der Waals surface area contributed by atoms with E-state index >= 15 is 0 Å². The number of aliphatic hydroxyl groups is 1. The van der Waals surface area contributed by atoms with Gasteiger partial charge >= 0.3 is 6.18 Å². The average Bonchev–Trinajstić information content (AvgIpc) is 3.06. The second-order valence-electron chi connectivity index (χ2n) is 7.30. The van der Waals surface area contributed by atoms with Crippen molar-refractivity contribution in [2.75, 3.05) is 11.9 Å². The number of pyridine rings is 1. The number of nitrogens with zero attached hydrogens (tertiary/aromatic N) is 3. The molecule has 1 unspecified atom stereocenters. The number of aromatic nitrogens is 1. The number of halogens is 3. The maximum absolute atomic E-state index is 13.3. The van der Waals surface area contributed by atoms with Crippen molar-refractivity contribution in [2.45, 2.75) is 38.0 Å². The lowest BCUT2D eigenvalue weighted by molar-refractivity contribution is -0.137. The van der Waals surface area contributed by atoms with Crippen LogP contribution in [-0.2, 0) is 11.0 Å². The largest absolute Gasteiger partial charge is 0.417 e. The molecule has 8 heteroatoms. The molecule has 1 aromatic heterocycles. The molecule has 3 atom stereocenters. The van der Waals surface area contributed by atoms with Crippen LogP contribution in [0.3, 0.4) is 0 Å². The van der Waals surface area contributed by atoms with Gasteiger partial charge in [-0.05, 0) is 43.5 Å². The summed E-state index contributed by atoms with van der Waals surface area (Å²) in [5, 5.41) is 19.5. The van der Waals surface area contributed by atoms with Gasteiger partial charge in [0.25, 0.3) is 0 Å². The first kappa shape index (κ1) is 20.8. The van der Waals surface area contributed by atoms with Crippen molar-refractivity contribution in [3.8, 4) is 6.07 Å². The third kappa shape index (κ3) is 4.10. The summed E-state index contributed by atoms with van der Waals surface area (Å²) < 4.78 is 40.0. The molecule has 1 aliphatic rings. The van der Waals surface area contributed by atoms with Gasteiger partial charge < -0.3 is 10.0 Å². The summed E-state index contributed by atoms with van der Waals surface area (Å²) in [6.07, 6.45) is -4.40. The standard InChI is InChI=1S/C21H20F3N3O2/c1-12-4-3-5-13(8-12)27(2)20(29)16-10-14(28)9-15(16)19-17(11-25)18(6-7-26-19)21(22,23)24/h3-8,14-16,28H,9-10H2,1-2H3/t14-,15?,16-/m1/s1. The highest BCUT2D eigenvalue weighted by Crippen LogP contribution is 2.43. The van der Waals surface area contributed by atoms with E-state index in [-0.39, 0.29) is 24.4 Å². The summed E-state index contributed by atoms with van der Waals surface area (Å²) in [6.45, 7) is 1.88. The Kier molecular flexibility index (Phi) is 5.62. The molecule has 5 nitrogen and oxygen atoms in total. The van der Waals surface area contributed by atoms with Crippen LogP contribution in [0.2, 0.25) is 0 Å². The molecule has 29 heavy (non-hydrogen) atoms. The average molecular weight is 403 g/mol. The van der Waals surface area contributed by atoms with Crippen molar-refractivity contribution < 1.29 is 23.1 Å². The maximum Gasteiger partial charge on any atom is 0.417 e. The number of aliphatic hydroxyl groups excluding tert-OH is 1. The zero-order valence-electron chi connectivity index (χ0n) is 15.9. The molecule has 1 amide bonds. The maximum atomic E-state index is 13.3. The molecule has 0 saturated heterocycles. The van der Waals surface area contributed by atoms with Crippen molar-refractivity contribution in [3.63, 3.8) is 0 Å². The van der Waals surface area contributed by atoms with E-state index in [9.17, 15) is 28.3 Å². The first-order valence-corrected chi connectivity index (χ1v) is 9.12. The van der Waals surface area contributed by atoms with Gasteiger partial charge in [-0.25, -0.2) is 0 Å². The van der Waals surface area contributed by atoms with Gasteiger partial charge in [-0.2, -0.15) is 18.4 Å². The number of carbonyl (C=O) groups excluding carboxylic acids is 1. The van der Waals surface area contributed by atoms with Gasteiger partial charge in [-0.1, -0.05) is 12.1 Å². The minimum absolute atomic E-state index is 0.0705. The molecular weight excluding hydrogens is 383 g/mol. The zero-order chi connectivity index (χ0) is 21.3. The van der Waals surface area contributed by atoms with E-state index in [2.05, 4.69) is 4.98 Å². The summed E-state index contributed by atoms with van der Waals surface area (Å²) >= 11 is 0. The number of carbonyl (C=O) groups is 1. The Morgan fingerprint density at radius 3 is 2.66 bits per heavy atom. The van der Waals surface area contributed by atoms with Crippen LogP contribution in [0.1, 0.15) is 41.1 Å². The molecule has 0 spiro atoms. The van der Waals surface area contributed by atoms with Crippen LogP contribution in [0.5, 0.6) is 0 Å². The van der Waals surface area contributed by atoms with Gasteiger partial charge in [-0.3, -0.25) is 9.78 Å². The number of amides is 1. The van der Waals surface area contributed by atoms with E-state index in [4.69, 9.17) is 0 Å². The second-order valence-corrected chi connectivity index (χ2v) is 7.30. The summed E-state index contributed by atoms with van der Waals surface area (Å²) in [4.78, 5) is 18.6. The highest BCUT2D eigenvalue weighted by molar-refractivity contribution is 5.95. The van der Waals surface area contributed by atoms with E-state index in [1.165, 1.54) is 4.90 Å². The smallest absolute Gasteiger partial charge is 0.393 e. The number of alkyl halides is 3. The molecule has 0 aliphatic heterocycles. The third-order valence-electron chi connectivity index (χ3n) is 5.32. The molecule has 3 rings (SSSR count). The molecular formula is C21H20F3N3O2. The molecule has 0 bridgehead atoms. The van der Waals surface area contributed by atoms with Crippen molar-refractivity contribution in [2.24, 2.45) is 5.92 Å². The Morgan fingerprint density at radius 1 is 1.31 bits per heavy atom. The molecule has 1 heterocycles. The number of anilines is 1. The van der Waals surface area contributed by atoms with Crippen LogP contribution in [0.25, 0.3) is 0 Å². The van der Waals surface area contributed by atoms with Gasteiger partial charge in [0.1, 0.15) is 6.07 Å². The third-order valence-corrected chi connectivity index (χ3v) is 5.32. The summed E-state index contributed by atoms with van der Waals surface area (Å²) in [5.74, 6) is -1.89. The molecule has 152 valence electrons. The molecule has 0 radical (unpaired) electrons. The minimum Gasteiger partial charge on any atom is -0.393 e. The second kappa shape index (κ2) is 7.84. The fourth-order valence-electron chi connectivity index (χ4n) is 3.91. The van der Waals surface area contributed by atoms with E-state index in [1.54, 1.807) is 25.2 Å². The van der Waals surface area contributed by atoms with Crippen molar-refractivity contribution >= 4 is 11.6 Å². The number of benzene rings is 1. The number of hydrogen-bond donors (Lipinski definition) is 1. The van der Waals surface area contributed by atoms with Crippen LogP contribution in [0.4, 0.5) is 18.9 Å². The lowest BCUT2D eigenvalue weighted by atomic mass is 9.87. The summed E-state index contributed by atoms with van der Waals surface area (Å²) in [6, 6.07) is 9.62. The zero-order valence-corrected chi connectivity index (χ0v) is 15.9. The predicted molar refractivity (Wildman–Crippen MR) is 100 cm³/mol. The molecule has 1 saturated carbocycles. The van der Waals surface area contributed by atoms with Crippen molar-refractivity contribution in [1.82, 2.24) is 4.98 Å². The topological polar surface area (TPSA) is 77.2 Å². The number of hydrogen-bond acceptors (Lipinski definition) is 4. The Hall–Kier alpha value is -2.92. The van der Waals surface area contributed by atoms with Crippen LogP contribution >= 0.6 is 0 Å². The number of rotatable bonds is 3. The van der Waals surface area contributed by atoms with Crippen LogP contribution in [0, 0.1) is 24.2 Å². The van der Waals surface area contributed by atoms with E-state index in [1.807, 2.05) is 19.1 Å². The van der Waals surface area contributed by atoms with Gasteiger partial charge in [0.15, 0.2) is 0 Å². The normalized spacial score (nSPS) is 21.6. The molecule has 1 fully saturated rings. The Balaban J connectivity index is 2.00. The Labute approximate surface area is 166 Å². The number of nitriles is 1. The van der Waals surface area contributed by atoms with Crippen LogP contribution < -0.4 is 4.90 Å². The van der Waals surface area contributed by atoms with E-state index in [0.717, 1.165) is 17.8 Å². The van der Waals surface area contributed by atoms with Gasteiger partial charge in [-0.15, -0.1) is 0 Å². The monoisotopic (exact) mass is 403 g/mol. The van der Waals surface area contributed by atoms with E-state index in [0.29, 0.717) is 5.69 Å². The fourth-order valence-corrected chi connectivity index (χ4v) is 3.91. The summed E-state index contributed by atoms with van der Waals surface area (Å²) in [7, 11) is 1.59. The Morgan fingerprint density at radius 2 is 2.03 bits per heavy atom. The fraction of sp³-hybridized carbons (Fsp3) is 0.381. The van der Waals surface area contributed by atoms with Gasteiger partial charge in [0.2, 0.25) is 5.91 Å². The lowest BCUT2D eigenvalue weighted by Gasteiger charge is -2.26. The highest BCUT2D eigenvalue weighted by Gasteiger charge is 2.44. The quantitative estimate of drug-likeness (QED) is 0.846. The Bertz CT molecular complexity index is 968.